The average molecular weight is 285 g/mol. The van der Waals surface area contributed by atoms with Crippen molar-refractivity contribution in [1.29, 1.82) is 0 Å². The standard InChI is InChI=1S/C14H21BrO/c1-10-8-13(16-5)12(14(2,3)4)9-11(10)6-7-15/h8-9H,6-7H2,1-5H3. The summed E-state index contributed by atoms with van der Waals surface area (Å²) in [5.41, 5.74) is 4.13. The Morgan fingerprint density at radius 2 is 1.88 bits per heavy atom. The monoisotopic (exact) mass is 284 g/mol. The van der Waals surface area contributed by atoms with Gasteiger partial charge in [0, 0.05) is 5.33 Å². The zero-order valence-corrected chi connectivity index (χ0v) is 12.4. The van der Waals surface area contributed by atoms with E-state index in [9.17, 15) is 0 Å². The molecule has 0 radical (unpaired) electrons. The van der Waals surface area contributed by atoms with Gasteiger partial charge in [0.15, 0.2) is 0 Å². The predicted octanol–water partition coefficient (Wildman–Crippen LogP) is 4.24. The van der Waals surface area contributed by atoms with E-state index in [2.05, 4.69) is 55.8 Å². The number of hydrogen-bond acceptors (Lipinski definition) is 1. The predicted molar refractivity (Wildman–Crippen MR) is 73.9 cm³/mol. The summed E-state index contributed by atoms with van der Waals surface area (Å²) in [7, 11) is 1.74. The van der Waals surface area contributed by atoms with Crippen LogP contribution < -0.4 is 4.74 Å². The lowest BCUT2D eigenvalue weighted by molar-refractivity contribution is 0.397. The van der Waals surface area contributed by atoms with Gasteiger partial charge < -0.3 is 4.74 Å². The summed E-state index contributed by atoms with van der Waals surface area (Å²) < 4.78 is 5.47. The molecule has 2 heteroatoms. The van der Waals surface area contributed by atoms with E-state index in [4.69, 9.17) is 4.74 Å². The quantitative estimate of drug-likeness (QED) is 0.755. The molecule has 0 amide bonds. The van der Waals surface area contributed by atoms with Crippen molar-refractivity contribution in [3.8, 4) is 5.75 Å². The zero-order chi connectivity index (χ0) is 12.3. The van der Waals surface area contributed by atoms with Gasteiger partial charge in [-0.1, -0.05) is 42.8 Å². The Kier molecular flexibility index (Phi) is 4.43. The first kappa shape index (κ1) is 13.6. The summed E-state index contributed by atoms with van der Waals surface area (Å²) in [6.45, 7) is 8.81. The fraction of sp³-hybridized carbons (Fsp3) is 0.571. The molecule has 0 spiro atoms. The van der Waals surface area contributed by atoms with Crippen molar-refractivity contribution < 1.29 is 4.74 Å². The second-order valence-corrected chi connectivity index (χ2v) is 5.96. The lowest BCUT2D eigenvalue weighted by Gasteiger charge is -2.24. The Morgan fingerprint density at radius 3 is 2.31 bits per heavy atom. The number of ether oxygens (including phenoxy) is 1. The second-order valence-electron chi connectivity index (χ2n) is 5.17. The number of halogens is 1. The molecule has 0 unspecified atom stereocenters. The van der Waals surface area contributed by atoms with Crippen LogP contribution in [0.25, 0.3) is 0 Å². The molecule has 90 valence electrons. The summed E-state index contributed by atoms with van der Waals surface area (Å²) in [5, 5.41) is 1.00. The van der Waals surface area contributed by atoms with Crippen LogP contribution in [0.1, 0.15) is 37.5 Å². The van der Waals surface area contributed by atoms with Gasteiger partial charge in [0.1, 0.15) is 5.75 Å². The molecule has 0 aliphatic heterocycles. The highest BCUT2D eigenvalue weighted by Gasteiger charge is 2.20. The lowest BCUT2D eigenvalue weighted by atomic mass is 9.84. The van der Waals surface area contributed by atoms with E-state index < -0.39 is 0 Å². The summed E-state index contributed by atoms with van der Waals surface area (Å²) >= 11 is 3.50. The van der Waals surface area contributed by atoms with Crippen LogP contribution in [-0.2, 0) is 11.8 Å². The van der Waals surface area contributed by atoms with Gasteiger partial charge in [0.25, 0.3) is 0 Å². The first-order valence-electron chi connectivity index (χ1n) is 5.64. The van der Waals surface area contributed by atoms with Crippen LogP contribution in [0.2, 0.25) is 0 Å². The third-order valence-electron chi connectivity index (χ3n) is 2.83. The maximum atomic E-state index is 5.47. The molecule has 1 nitrogen and oxygen atoms in total. The van der Waals surface area contributed by atoms with Gasteiger partial charge in [-0.15, -0.1) is 0 Å². The number of methoxy groups -OCH3 is 1. The van der Waals surface area contributed by atoms with Crippen molar-refractivity contribution in [2.45, 2.75) is 39.5 Å². The largest absolute Gasteiger partial charge is 0.496 e. The number of hydrogen-bond donors (Lipinski definition) is 0. The molecule has 0 saturated heterocycles. The highest BCUT2D eigenvalue weighted by atomic mass is 79.9. The van der Waals surface area contributed by atoms with Crippen LogP contribution in [0, 0.1) is 6.92 Å². The molecule has 0 atom stereocenters. The molecule has 0 aliphatic rings. The summed E-state index contributed by atoms with van der Waals surface area (Å²) in [6, 6.07) is 4.44. The number of aryl methyl sites for hydroxylation is 2. The van der Waals surface area contributed by atoms with Crippen LogP contribution in [0.4, 0.5) is 0 Å². The van der Waals surface area contributed by atoms with Crippen molar-refractivity contribution >= 4 is 15.9 Å². The molecule has 0 heterocycles. The Bertz CT molecular complexity index is 364. The molecule has 0 bridgehead atoms. The SMILES string of the molecule is COc1cc(C)c(CCBr)cc1C(C)(C)C. The van der Waals surface area contributed by atoms with Gasteiger partial charge in [0.2, 0.25) is 0 Å². The van der Waals surface area contributed by atoms with Crippen LogP contribution >= 0.6 is 15.9 Å². The maximum absolute atomic E-state index is 5.47. The molecular weight excluding hydrogens is 264 g/mol. The zero-order valence-electron chi connectivity index (χ0n) is 10.9. The van der Waals surface area contributed by atoms with Gasteiger partial charge in [0.05, 0.1) is 7.11 Å². The Labute approximate surface area is 107 Å². The smallest absolute Gasteiger partial charge is 0.122 e. The van der Waals surface area contributed by atoms with Crippen molar-refractivity contribution in [2.24, 2.45) is 0 Å². The average Bonchev–Trinajstić information content (AvgIpc) is 2.19. The maximum Gasteiger partial charge on any atom is 0.122 e. The first-order chi connectivity index (χ1) is 7.40. The molecule has 1 aromatic carbocycles. The van der Waals surface area contributed by atoms with Crippen LogP contribution in [0.15, 0.2) is 12.1 Å². The second kappa shape index (κ2) is 5.22. The first-order valence-corrected chi connectivity index (χ1v) is 6.76. The van der Waals surface area contributed by atoms with Crippen molar-refractivity contribution in [3.63, 3.8) is 0 Å². The van der Waals surface area contributed by atoms with E-state index in [0.29, 0.717) is 0 Å². The molecule has 1 aromatic rings. The third-order valence-corrected chi connectivity index (χ3v) is 3.23. The number of benzene rings is 1. The van der Waals surface area contributed by atoms with E-state index in [-0.39, 0.29) is 5.41 Å². The van der Waals surface area contributed by atoms with Crippen molar-refractivity contribution in [2.75, 3.05) is 12.4 Å². The van der Waals surface area contributed by atoms with Gasteiger partial charge in [-0.25, -0.2) is 0 Å². The molecule has 0 aliphatic carbocycles. The fourth-order valence-electron chi connectivity index (χ4n) is 1.85. The van der Waals surface area contributed by atoms with Crippen LogP contribution in [0.5, 0.6) is 5.75 Å². The van der Waals surface area contributed by atoms with Gasteiger partial charge in [-0.05, 0) is 41.5 Å². The highest BCUT2D eigenvalue weighted by molar-refractivity contribution is 9.09. The highest BCUT2D eigenvalue weighted by Crippen LogP contribution is 2.33. The molecule has 0 fully saturated rings. The number of rotatable bonds is 3. The molecule has 0 N–H and O–H groups in total. The molecule has 16 heavy (non-hydrogen) atoms. The minimum Gasteiger partial charge on any atom is -0.496 e. The minimum absolute atomic E-state index is 0.125. The van der Waals surface area contributed by atoms with E-state index in [0.717, 1.165) is 17.5 Å². The van der Waals surface area contributed by atoms with Gasteiger partial charge in [-0.2, -0.15) is 0 Å². The summed E-state index contributed by atoms with van der Waals surface area (Å²) in [4.78, 5) is 0. The molecule has 0 saturated carbocycles. The van der Waals surface area contributed by atoms with E-state index >= 15 is 0 Å². The third kappa shape index (κ3) is 3.00. The summed E-state index contributed by atoms with van der Waals surface area (Å²) in [6.07, 6.45) is 1.07. The van der Waals surface area contributed by atoms with E-state index in [1.54, 1.807) is 7.11 Å². The van der Waals surface area contributed by atoms with Gasteiger partial charge >= 0.3 is 0 Å². The topological polar surface area (TPSA) is 9.23 Å². The van der Waals surface area contributed by atoms with Crippen LogP contribution in [-0.4, -0.2) is 12.4 Å². The Balaban J connectivity index is 3.29. The normalized spacial score (nSPS) is 11.6. The molecular formula is C14H21BrO. The summed E-state index contributed by atoms with van der Waals surface area (Å²) in [5.74, 6) is 1.00. The fourth-order valence-corrected chi connectivity index (χ4v) is 2.28. The van der Waals surface area contributed by atoms with Crippen molar-refractivity contribution in [1.82, 2.24) is 0 Å². The molecule has 1 rings (SSSR count). The van der Waals surface area contributed by atoms with E-state index in [1.807, 2.05) is 0 Å². The Morgan fingerprint density at radius 1 is 1.25 bits per heavy atom. The lowest BCUT2D eigenvalue weighted by Crippen LogP contribution is -2.14. The minimum atomic E-state index is 0.125. The van der Waals surface area contributed by atoms with E-state index in [1.165, 1.54) is 16.7 Å². The van der Waals surface area contributed by atoms with Crippen molar-refractivity contribution in [3.05, 3.63) is 28.8 Å². The Hall–Kier alpha value is -0.500. The van der Waals surface area contributed by atoms with Crippen LogP contribution in [0.3, 0.4) is 0 Å². The molecule has 0 aromatic heterocycles. The van der Waals surface area contributed by atoms with Gasteiger partial charge in [-0.3, -0.25) is 0 Å². The number of alkyl halides is 1.